The monoisotopic (exact) mass is 594 g/mol. The maximum atomic E-state index is 2.66. The van der Waals surface area contributed by atoms with Crippen LogP contribution in [0.5, 0.6) is 0 Å². The summed E-state index contributed by atoms with van der Waals surface area (Å²) in [5, 5.41) is 2.48. The Morgan fingerprint density at radius 1 is 0.565 bits per heavy atom. The second kappa shape index (κ2) is 12.6. The highest BCUT2D eigenvalue weighted by molar-refractivity contribution is 5.99. The first kappa shape index (κ1) is 28.2. The van der Waals surface area contributed by atoms with Gasteiger partial charge in [0.1, 0.15) is 0 Å². The van der Waals surface area contributed by atoms with Gasteiger partial charge in [-0.2, -0.15) is 0 Å². The van der Waals surface area contributed by atoms with Crippen molar-refractivity contribution in [2.45, 2.75) is 37.8 Å². The molecule has 0 saturated carbocycles. The Bertz CT molecular complexity index is 1990. The number of allylic oxidation sites excluding steroid dienone is 5. The third-order valence-corrected chi connectivity index (χ3v) is 9.59. The van der Waals surface area contributed by atoms with E-state index in [0.717, 1.165) is 37.1 Å². The molecular weight excluding hydrogens is 556 g/mol. The minimum Gasteiger partial charge on any atom is -0.357 e. The Morgan fingerprint density at radius 2 is 1.28 bits per heavy atom. The van der Waals surface area contributed by atoms with Gasteiger partial charge in [0.25, 0.3) is 0 Å². The highest BCUT2D eigenvalue weighted by atomic mass is 15.2. The summed E-state index contributed by atoms with van der Waals surface area (Å²) in [6.45, 7) is 0. The summed E-state index contributed by atoms with van der Waals surface area (Å²) < 4.78 is 0. The zero-order valence-corrected chi connectivity index (χ0v) is 26.0. The van der Waals surface area contributed by atoms with Crippen molar-refractivity contribution < 1.29 is 0 Å². The second-order valence-corrected chi connectivity index (χ2v) is 12.4. The van der Waals surface area contributed by atoms with Gasteiger partial charge in [-0.05, 0) is 95.8 Å². The number of para-hydroxylation sites is 2. The van der Waals surface area contributed by atoms with Gasteiger partial charge in [-0.25, -0.2) is 0 Å². The molecule has 2 unspecified atom stereocenters. The van der Waals surface area contributed by atoms with Crippen LogP contribution in [-0.2, 0) is 0 Å². The highest BCUT2D eigenvalue weighted by Crippen LogP contribution is 2.40. The summed E-state index contributed by atoms with van der Waals surface area (Å²) in [6.07, 6.45) is 21.0. The predicted octanol–water partition coefficient (Wildman–Crippen LogP) is 11.5. The average Bonchev–Trinajstić information content (AvgIpc) is 3.14. The fraction of sp³-hybridized carbons (Fsp3) is 0.136. The Hall–Kier alpha value is -5.34. The van der Waals surface area contributed by atoms with Gasteiger partial charge >= 0.3 is 0 Å². The molecule has 0 spiro atoms. The zero-order valence-electron chi connectivity index (χ0n) is 26.0. The van der Waals surface area contributed by atoms with Crippen LogP contribution >= 0.6 is 0 Å². The SMILES string of the molecule is C1=CC2=C(C=CCC2N(c2ccccc2)C2C=CC(c3ccc(N(c4ccccc4)c4cccc5ccccc45)cc3)=CC2)CC1. The van der Waals surface area contributed by atoms with E-state index in [2.05, 4.69) is 180 Å². The van der Waals surface area contributed by atoms with Crippen molar-refractivity contribution in [3.05, 3.63) is 187 Å². The van der Waals surface area contributed by atoms with E-state index in [-0.39, 0.29) is 0 Å². The third-order valence-electron chi connectivity index (χ3n) is 9.59. The van der Waals surface area contributed by atoms with E-state index in [0.29, 0.717) is 12.1 Å². The maximum Gasteiger partial charge on any atom is 0.0585 e. The number of fused-ring (bicyclic) bond motifs is 1. The minimum atomic E-state index is 0.297. The lowest BCUT2D eigenvalue weighted by atomic mass is 9.84. The summed E-state index contributed by atoms with van der Waals surface area (Å²) in [4.78, 5) is 5.02. The molecule has 0 radical (unpaired) electrons. The standard InChI is InChI=1S/C44H38N2/c1-3-17-37(18-4-1)45(43-23-11-15-35-13-7-9-21-41(35)43)39-29-25-33(26-30-39)34-27-31-40(32-28-34)46(38-19-5-2-6-20-38)44-24-12-16-36-14-8-10-22-42(36)44/h1-7,9-13,15-23,25-31,40,44H,8,14,24,32H2. The number of rotatable bonds is 7. The van der Waals surface area contributed by atoms with Gasteiger partial charge in [0.2, 0.25) is 0 Å². The Balaban J connectivity index is 1.09. The van der Waals surface area contributed by atoms with Gasteiger partial charge in [-0.15, -0.1) is 0 Å². The molecule has 5 aromatic carbocycles. The van der Waals surface area contributed by atoms with Gasteiger partial charge in [0.05, 0.1) is 17.8 Å². The van der Waals surface area contributed by atoms with Crippen molar-refractivity contribution in [3.8, 4) is 0 Å². The molecule has 0 N–H and O–H groups in total. The molecule has 0 saturated heterocycles. The van der Waals surface area contributed by atoms with Crippen LogP contribution < -0.4 is 9.80 Å². The molecule has 0 bridgehead atoms. The van der Waals surface area contributed by atoms with Crippen molar-refractivity contribution in [3.63, 3.8) is 0 Å². The largest absolute Gasteiger partial charge is 0.357 e. The van der Waals surface area contributed by atoms with E-state index >= 15 is 0 Å². The van der Waals surface area contributed by atoms with E-state index in [4.69, 9.17) is 0 Å². The van der Waals surface area contributed by atoms with Gasteiger partial charge < -0.3 is 9.80 Å². The second-order valence-electron chi connectivity index (χ2n) is 12.4. The highest BCUT2D eigenvalue weighted by Gasteiger charge is 2.30. The summed E-state index contributed by atoms with van der Waals surface area (Å²) in [5.41, 5.74) is 10.3. The molecule has 3 aliphatic carbocycles. The molecule has 0 amide bonds. The topological polar surface area (TPSA) is 6.48 Å². The molecule has 0 heterocycles. The zero-order chi connectivity index (χ0) is 30.7. The van der Waals surface area contributed by atoms with Crippen molar-refractivity contribution in [1.29, 1.82) is 0 Å². The molecular formula is C44H38N2. The summed E-state index contributed by atoms with van der Waals surface area (Å²) in [7, 11) is 0. The fourth-order valence-electron chi connectivity index (χ4n) is 7.38. The van der Waals surface area contributed by atoms with Crippen molar-refractivity contribution in [1.82, 2.24) is 0 Å². The molecule has 46 heavy (non-hydrogen) atoms. The Labute approximate surface area is 272 Å². The van der Waals surface area contributed by atoms with Gasteiger partial charge in [0, 0.05) is 22.4 Å². The van der Waals surface area contributed by atoms with Gasteiger partial charge in [0.15, 0.2) is 0 Å². The van der Waals surface area contributed by atoms with Crippen molar-refractivity contribution in [2.24, 2.45) is 0 Å². The van der Waals surface area contributed by atoms with Gasteiger partial charge in [-0.3, -0.25) is 0 Å². The van der Waals surface area contributed by atoms with Crippen LogP contribution in [0.15, 0.2) is 181 Å². The molecule has 0 aromatic heterocycles. The molecule has 2 heteroatoms. The molecule has 2 atom stereocenters. The van der Waals surface area contributed by atoms with Crippen LogP contribution in [-0.4, -0.2) is 12.1 Å². The molecule has 3 aliphatic rings. The number of hydrogen-bond acceptors (Lipinski definition) is 2. The molecule has 8 rings (SSSR count). The lowest BCUT2D eigenvalue weighted by molar-refractivity contribution is 0.596. The smallest absolute Gasteiger partial charge is 0.0585 e. The summed E-state index contributed by atoms with van der Waals surface area (Å²) in [6, 6.07) is 46.6. The number of nitrogens with zero attached hydrogens (tertiary/aromatic N) is 2. The van der Waals surface area contributed by atoms with Crippen LogP contribution in [0.3, 0.4) is 0 Å². The number of hydrogen-bond donors (Lipinski definition) is 0. The van der Waals surface area contributed by atoms with Crippen LogP contribution in [0.4, 0.5) is 22.7 Å². The number of benzene rings is 5. The lowest BCUT2D eigenvalue weighted by Gasteiger charge is -2.42. The first-order valence-electron chi connectivity index (χ1n) is 16.5. The summed E-state index contributed by atoms with van der Waals surface area (Å²) >= 11 is 0. The molecule has 0 aliphatic heterocycles. The van der Waals surface area contributed by atoms with Crippen LogP contribution in [0.2, 0.25) is 0 Å². The maximum absolute atomic E-state index is 2.66. The predicted molar refractivity (Wildman–Crippen MR) is 196 cm³/mol. The van der Waals surface area contributed by atoms with Crippen LogP contribution in [0, 0.1) is 0 Å². The van der Waals surface area contributed by atoms with E-state index < -0.39 is 0 Å². The first-order valence-corrected chi connectivity index (χ1v) is 16.5. The van der Waals surface area contributed by atoms with Crippen LogP contribution in [0.1, 0.15) is 31.2 Å². The first-order chi connectivity index (χ1) is 22.8. The molecule has 2 nitrogen and oxygen atoms in total. The molecule has 0 fully saturated rings. The Kier molecular flexibility index (Phi) is 7.70. The Morgan fingerprint density at radius 3 is 2.07 bits per heavy atom. The average molecular weight is 595 g/mol. The minimum absolute atomic E-state index is 0.297. The van der Waals surface area contributed by atoms with Crippen molar-refractivity contribution in [2.75, 3.05) is 9.80 Å². The van der Waals surface area contributed by atoms with E-state index in [9.17, 15) is 0 Å². The van der Waals surface area contributed by atoms with E-state index in [1.807, 2.05) is 0 Å². The number of anilines is 4. The van der Waals surface area contributed by atoms with Crippen molar-refractivity contribution >= 4 is 39.1 Å². The van der Waals surface area contributed by atoms with Crippen LogP contribution in [0.25, 0.3) is 16.3 Å². The fourth-order valence-corrected chi connectivity index (χ4v) is 7.38. The lowest BCUT2D eigenvalue weighted by Crippen LogP contribution is -2.44. The van der Waals surface area contributed by atoms with E-state index in [1.54, 1.807) is 0 Å². The van der Waals surface area contributed by atoms with Gasteiger partial charge in [-0.1, -0.05) is 127 Å². The van der Waals surface area contributed by atoms with E-state index in [1.165, 1.54) is 44.4 Å². The third kappa shape index (κ3) is 5.41. The summed E-state index contributed by atoms with van der Waals surface area (Å²) in [5.74, 6) is 0. The molecule has 5 aromatic rings. The normalized spacial score (nSPS) is 18.7. The molecule has 224 valence electrons. The quantitative estimate of drug-likeness (QED) is 0.185.